The number of likely N-dealkylation sites (tertiary alicyclic amines) is 1. The maximum Gasteiger partial charge on any atom is 0.319 e. The van der Waals surface area contributed by atoms with Gasteiger partial charge in [0.15, 0.2) is 5.13 Å². The number of anilines is 1. The minimum atomic E-state index is -0.254. The lowest BCUT2D eigenvalue weighted by atomic mass is 9.96. The molecule has 156 valence electrons. The predicted octanol–water partition coefficient (Wildman–Crippen LogP) is 3.99. The van der Waals surface area contributed by atoms with Crippen LogP contribution in [0, 0.1) is 11.7 Å². The van der Waals surface area contributed by atoms with Gasteiger partial charge in [0.05, 0.1) is 0 Å². The molecule has 2 aromatic rings. The van der Waals surface area contributed by atoms with Crippen molar-refractivity contribution in [3.63, 3.8) is 0 Å². The Bertz CT molecular complexity index is 827. The zero-order valence-electron chi connectivity index (χ0n) is 16.9. The first-order chi connectivity index (χ1) is 14.0. The van der Waals surface area contributed by atoms with Gasteiger partial charge in [-0.25, -0.2) is 14.2 Å². The number of rotatable bonds is 6. The molecule has 1 fully saturated rings. The minimum Gasteiger partial charge on any atom is -0.325 e. The first-order valence-electron chi connectivity index (χ1n) is 10.0. The van der Waals surface area contributed by atoms with Crippen molar-refractivity contribution in [3.05, 3.63) is 46.7 Å². The Hall–Kier alpha value is -2.48. The molecule has 0 unspecified atom stereocenters. The maximum absolute atomic E-state index is 13.0. The summed E-state index contributed by atoms with van der Waals surface area (Å²) in [5.41, 5.74) is 0.998. The van der Waals surface area contributed by atoms with Gasteiger partial charge in [0.2, 0.25) is 5.91 Å². The molecule has 0 radical (unpaired) electrons. The summed E-state index contributed by atoms with van der Waals surface area (Å²) in [6.07, 6.45) is 3.72. The van der Waals surface area contributed by atoms with Gasteiger partial charge in [0.1, 0.15) is 5.82 Å². The average Bonchev–Trinajstić information content (AvgIpc) is 3.17. The lowest BCUT2D eigenvalue weighted by Crippen LogP contribution is -2.47. The first kappa shape index (κ1) is 21.2. The Morgan fingerprint density at radius 1 is 1.21 bits per heavy atom. The molecule has 1 aliphatic heterocycles. The third kappa shape index (κ3) is 5.53. The summed E-state index contributed by atoms with van der Waals surface area (Å²) in [7, 11) is 0. The molecule has 29 heavy (non-hydrogen) atoms. The van der Waals surface area contributed by atoms with Crippen molar-refractivity contribution in [2.75, 3.05) is 31.5 Å². The number of nitrogens with one attached hydrogen (secondary N) is 1. The third-order valence-electron chi connectivity index (χ3n) is 5.25. The molecule has 0 aliphatic carbocycles. The van der Waals surface area contributed by atoms with E-state index < -0.39 is 0 Å². The molecule has 1 N–H and O–H groups in total. The van der Waals surface area contributed by atoms with E-state index in [1.807, 2.05) is 18.7 Å². The van der Waals surface area contributed by atoms with E-state index in [1.54, 1.807) is 23.2 Å². The van der Waals surface area contributed by atoms with Crippen molar-refractivity contribution in [3.8, 4) is 0 Å². The summed E-state index contributed by atoms with van der Waals surface area (Å²) in [4.78, 5) is 34.0. The molecular formula is C21H27FN4O2S. The van der Waals surface area contributed by atoms with Crippen molar-refractivity contribution >= 4 is 28.4 Å². The number of amides is 3. The number of piperidine rings is 1. The molecule has 0 saturated carbocycles. The molecule has 0 bridgehead atoms. The zero-order valence-corrected chi connectivity index (χ0v) is 17.7. The molecule has 3 amide bonds. The van der Waals surface area contributed by atoms with E-state index >= 15 is 0 Å². The molecule has 1 aliphatic rings. The monoisotopic (exact) mass is 418 g/mol. The van der Waals surface area contributed by atoms with Gasteiger partial charge in [-0.05, 0) is 44.4 Å². The lowest BCUT2D eigenvalue weighted by Gasteiger charge is -2.34. The molecule has 6 nitrogen and oxygen atoms in total. The van der Waals surface area contributed by atoms with E-state index in [1.165, 1.54) is 23.5 Å². The SMILES string of the molecule is CCN(CC)C(=O)N1CCC(C(=O)Nc2ncc(Cc3ccc(F)cc3)s2)CC1. The lowest BCUT2D eigenvalue weighted by molar-refractivity contribution is -0.121. The Morgan fingerprint density at radius 3 is 2.48 bits per heavy atom. The van der Waals surface area contributed by atoms with E-state index in [-0.39, 0.29) is 23.7 Å². The highest BCUT2D eigenvalue weighted by Gasteiger charge is 2.29. The summed E-state index contributed by atoms with van der Waals surface area (Å²) in [5, 5.41) is 3.49. The van der Waals surface area contributed by atoms with Gasteiger partial charge in [0, 0.05) is 49.6 Å². The summed E-state index contributed by atoms with van der Waals surface area (Å²) < 4.78 is 13.0. The number of hydrogen-bond donors (Lipinski definition) is 1. The summed E-state index contributed by atoms with van der Waals surface area (Å²) >= 11 is 1.43. The first-order valence-corrected chi connectivity index (χ1v) is 10.9. The van der Waals surface area contributed by atoms with E-state index in [4.69, 9.17) is 0 Å². The van der Waals surface area contributed by atoms with Gasteiger partial charge in [-0.3, -0.25) is 4.79 Å². The number of thiazole rings is 1. The van der Waals surface area contributed by atoms with Crippen LogP contribution in [-0.4, -0.2) is 52.9 Å². The topological polar surface area (TPSA) is 65.5 Å². The number of nitrogens with zero attached hydrogens (tertiary/aromatic N) is 3. The fraction of sp³-hybridized carbons (Fsp3) is 0.476. The molecule has 1 saturated heterocycles. The molecular weight excluding hydrogens is 391 g/mol. The Balaban J connectivity index is 1.49. The Morgan fingerprint density at radius 2 is 1.86 bits per heavy atom. The highest BCUT2D eigenvalue weighted by atomic mass is 32.1. The van der Waals surface area contributed by atoms with Crippen molar-refractivity contribution in [1.82, 2.24) is 14.8 Å². The van der Waals surface area contributed by atoms with Crippen molar-refractivity contribution < 1.29 is 14.0 Å². The second-order valence-electron chi connectivity index (χ2n) is 7.14. The summed E-state index contributed by atoms with van der Waals surface area (Å²) in [5.74, 6) is -0.404. The van der Waals surface area contributed by atoms with Gasteiger partial charge in [0.25, 0.3) is 0 Å². The van der Waals surface area contributed by atoms with Crippen LogP contribution in [0.1, 0.15) is 37.1 Å². The number of carbonyl (C=O) groups excluding carboxylic acids is 2. The van der Waals surface area contributed by atoms with Gasteiger partial charge in [-0.1, -0.05) is 12.1 Å². The molecule has 8 heteroatoms. The second kappa shape index (κ2) is 9.82. The zero-order chi connectivity index (χ0) is 20.8. The van der Waals surface area contributed by atoms with Crippen LogP contribution in [0.25, 0.3) is 0 Å². The molecule has 1 aromatic heterocycles. The van der Waals surface area contributed by atoms with Crippen LogP contribution in [0.2, 0.25) is 0 Å². The van der Waals surface area contributed by atoms with E-state index in [2.05, 4.69) is 10.3 Å². The number of halogens is 1. The van der Waals surface area contributed by atoms with E-state index in [0.717, 1.165) is 10.4 Å². The van der Waals surface area contributed by atoms with Crippen LogP contribution >= 0.6 is 11.3 Å². The number of carbonyl (C=O) groups is 2. The Kier molecular flexibility index (Phi) is 7.19. The number of hydrogen-bond acceptors (Lipinski definition) is 4. The van der Waals surface area contributed by atoms with Gasteiger partial charge >= 0.3 is 6.03 Å². The van der Waals surface area contributed by atoms with Crippen molar-refractivity contribution in [2.45, 2.75) is 33.1 Å². The van der Waals surface area contributed by atoms with Crippen LogP contribution < -0.4 is 5.32 Å². The van der Waals surface area contributed by atoms with Crippen LogP contribution in [0.3, 0.4) is 0 Å². The highest BCUT2D eigenvalue weighted by molar-refractivity contribution is 7.15. The highest BCUT2D eigenvalue weighted by Crippen LogP contribution is 2.24. The Labute approximate surface area is 174 Å². The molecule has 2 heterocycles. The molecule has 1 aromatic carbocycles. The van der Waals surface area contributed by atoms with Crippen LogP contribution in [-0.2, 0) is 11.2 Å². The summed E-state index contributed by atoms with van der Waals surface area (Å²) in [6, 6.07) is 6.44. The standard InChI is InChI=1S/C21H27FN4O2S/c1-3-25(4-2)21(28)26-11-9-16(10-12-26)19(27)24-20-23-14-18(29-20)13-15-5-7-17(22)8-6-15/h5-8,14,16H,3-4,9-13H2,1-2H3,(H,23,24,27). The van der Waals surface area contributed by atoms with Crippen LogP contribution in [0.5, 0.6) is 0 Å². The van der Waals surface area contributed by atoms with E-state index in [9.17, 15) is 14.0 Å². The number of urea groups is 1. The molecule has 0 atom stereocenters. The van der Waals surface area contributed by atoms with Crippen LogP contribution in [0.15, 0.2) is 30.5 Å². The van der Waals surface area contributed by atoms with Crippen molar-refractivity contribution in [1.29, 1.82) is 0 Å². The number of benzene rings is 1. The quantitative estimate of drug-likeness (QED) is 0.772. The summed E-state index contributed by atoms with van der Waals surface area (Å²) in [6.45, 7) is 6.53. The third-order valence-corrected chi connectivity index (χ3v) is 6.16. The van der Waals surface area contributed by atoms with Gasteiger partial charge < -0.3 is 15.1 Å². The molecule has 0 spiro atoms. The fourth-order valence-corrected chi connectivity index (χ4v) is 4.33. The largest absolute Gasteiger partial charge is 0.325 e. The van der Waals surface area contributed by atoms with Gasteiger partial charge in [-0.2, -0.15) is 0 Å². The normalized spacial score (nSPS) is 14.7. The van der Waals surface area contributed by atoms with Crippen LogP contribution in [0.4, 0.5) is 14.3 Å². The fourth-order valence-electron chi connectivity index (χ4n) is 3.49. The predicted molar refractivity (Wildman–Crippen MR) is 113 cm³/mol. The maximum atomic E-state index is 13.0. The van der Waals surface area contributed by atoms with Crippen molar-refractivity contribution in [2.24, 2.45) is 5.92 Å². The molecule has 3 rings (SSSR count). The van der Waals surface area contributed by atoms with E-state index in [0.29, 0.717) is 50.6 Å². The second-order valence-corrected chi connectivity index (χ2v) is 8.26. The number of aromatic nitrogens is 1. The van der Waals surface area contributed by atoms with Gasteiger partial charge in [-0.15, -0.1) is 11.3 Å². The average molecular weight is 419 g/mol. The minimum absolute atomic E-state index is 0.0392. The smallest absolute Gasteiger partial charge is 0.319 e.